The monoisotopic (exact) mass is 431 g/mol. The van der Waals surface area contributed by atoms with Gasteiger partial charge in [0, 0.05) is 25.0 Å². The minimum atomic E-state index is 0. The van der Waals surface area contributed by atoms with Gasteiger partial charge in [-0.3, -0.25) is 4.99 Å². The predicted octanol–water partition coefficient (Wildman–Crippen LogP) is 3.25. The summed E-state index contributed by atoms with van der Waals surface area (Å²) in [5, 5.41) is 6.54. The highest BCUT2D eigenvalue weighted by Gasteiger charge is 1.99. The van der Waals surface area contributed by atoms with Crippen LogP contribution in [0.25, 0.3) is 0 Å². The second kappa shape index (κ2) is 10.1. The van der Waals surface area contributed by atoms with Crippen molar-refractivity contribution in [3.05, 3.63) is 20.8 Å². The molecule has 0 unspecified atom stereocenters. The lowest BCUT2D eigenvalue weighted by Crippen LogP contribution is -2.38. The van der Waals surface area contributed by atoms with Crippen molar-refractivity contribution in [2.75, 3.05) is 20.1 Å². The van der Waals surface area contributed by atoms with Crippen LogP contribution in [0, 0.1) is 0 Å². The SMILES string of the molecule is CCCNC(=NC)NCCc1ccc(Br)s1.I. The van der Waals surface area contributed by atoms with Crippen LogP contribution in [0.2, 0.25) is 0 Å². The number of nitrogens with zero attached hydrogens (tertiary/aromatic N) is 1. The van der Waals surface area contributed by atoms with Crippen molar-refractivity contribution >= 4 is 57.2 Å². The Balaban J connectivity index is 0.00000256. The number of rotatable bonds is 5. The zero-order chi connectivity index (χ0) is 11.8. The van der Waals surface area contributed by atoms with Crippen LogP contribution in [0.3, 0.4) is 0 Å². The third-order valence-corrected chi connectivity index (χ3v) is 3.74. The molecule has 1 aromatic heterocycles. The second-order valence-electron chi connectivity index (χ2n) is 3.38. The fourth-order valence-electron chi connectivity index (χ4n) is 1.25. The van der Waals surface area contributed by atoms with Crippen molar-refractivity contribution < 1.29 is 0 Å². The van der Waals surface area contributed by atoms with Gasteiger partial charge >= 0.3 is 0 Å². The van der Waals surface area contributed by atoms with E-state index >= 15 is 0 Å². The topological polar surface area (TPSA) is 36.4 Å². The smallest absolute Gasteiger partial charge is 0.190 e. The average molecular weight is 432 g/mol. The molecule has 1 aromatic rings. The summed E-state index contributed by atoms with van der Waals surface area (Å²) in [5.41, 5.74) is 0. The number of guanidine groups is 1. The summed E-state index contributed by atoms with van der Waals surface area (Å²) in [6, 6.07) is 4.24. The third-order valence-electron chi connectivity index (χ3n) is 2.06. The number of aliphatic imine (C=N–C) groups is 1. The van der Waals surface area contributed by atoms with Gasteiger partial charge in [-0.25, -0.2) is 0 Å². The Kier molecular flexibility index (Phi) is 10.2. The Morgan fingerprint density at radius 1 is 1.35 bits per heavy atom. The molecule has 0 atom stereocenters. The molecule has 1 heterocycles. The molecule has 0 radical (unpaired) electrons. The van der Waals surface area contributed by atoms with E-state index in [0.29, 0.717) is 0 Å². The summed E-state index contributed by atoms with van der Waals surface area (Å²) in [5.74, 6) is 0.887. The van der Waals surface area contributed by atoms with Crippen LogP contribution in [0.4, 0.5) is 0 Å². The molecule has 0 saturated heterocycles. The summed E-state index contributed by atoms with van der Waals surface area (Å²) in [6.07, 6.45) is 2.14. The maximum Gasteiger partial charge on any atom is 0.190 e. The molecule has 0 aliphatic carbocycles. The van der Waals surface area contributed by atoms with E-state index < -0.39 is 0 Å². The largest absolute Gasteiger partial charge is 0.356 e. The lowest BCUT2D eigenvalue weighted by molar-refractivity contribution is 0.776. The molecule has 0 aliphatic rings. The number of thiophene rings is 1. The normalized spacial score (nSPS) is 10.9. The Labute approximate surface area is 133 Å². The van der Waals surface area contributed by atoms with E-state index in [0.717, 1.165) is 31.9 Å². The van der Waals surface area contributed by atoms with Gasteiger partial charge in [0.25, 0.3) is 0 Å². The van der Waals surface area contributed by atoms with Crippen molar-refractivity contribution in [2.24, 2.45) is 4.99 Å². The lowest BCUT2D eigenvalue weighted by atomic mass is 10.3. The molecule has 0 amide bonds. The Bertz CT molecular complexity index is 341. The highest BCUT2D eigenvalue weighted by Crippen LogP contribution is 2.21. The van der Waals surface area contributed by atoms with Crippen LogP contribution in [0.1, 0.15) is 18.2 Å². The van der Waals surface area contributed by atoms with E-state index in [1.807, 2.05) is 0 Å². The first-order valence-corrected chi connectivity index (χ1v) is 7.06. The quantitative estimate of drug-likeness (QED) is 0.426. The van der Waals surface area contributed by atoms with Gasteiger partial charge in [-0.05, 0) is 40.9 Å². The lowest BCUT2D eigenvalue weighted by Gasteiger charge is -2.10. The van der Waals surface area contributed by atoms with Crippen LogP contribution in [0.5, 0.6) is 0 Å². The second-order valence-corrected chi connectivity index (χ2v) is 5.93. The highest BCUT2D eigenvalue weighted by atomic mass is 127. The van der Waals surface area contributed by atoms with E-state index in [4.69, 9.17) is 0 Å². The van der Waals surface area contributed by atoms with Crippen LogP contribution in [0.15, 0.2) is 20.9 Å². The standard InChI is InChI=1S/C11H18BrN3S.HI/c1-3-7-14-11(13-2)15-8-6-9-4-5-10(12)16-9;/h4-5H,3,6-8H2,1-2H3,(H2,13,14,15);1H. The van der Waals surface area contributed by atoms with E-state index in [1.54, 1.807) is 18.4 Å². The molecule has 2 N–H and O–H groups in total. The molecule has 0 saturated carbocycles. The maximum absolute atomic E-state index is 4.15. The third kappa shape index (κ3) is 7.25. The molecular weight excluding hydrogens is 413 g/mol. The highest BCUT2D eigenvalue weighted by molar-refractivity contribution is 14.0. The number of nitrogens with one attached hydrogen (secondary N) is 2. The number of hydrogen-bond acceptors (Lipinski definition) is 2. The van der Waals surface area contributed by atoms with Crippen molar-refractivity contribution in [1.82, 2.24) is 10.6 Å². The predicted molar refractivity (Wildman–Crippen MR) is 90.8 cm³/mol. The molecule has 0 bridgehead atoms. The van der Waals surface area contributed by atoms with E-state index in [2.05, 4.69) is 50.6 Å². The molecule has 6 heteroatoms. The first-order chi connectivity index (χ1) is 7.76. The van der Waals surface area contributed by atoms with E-state index in [-0.39, 0.29) is 24.0 Å². The first-order valence-electron chi connectivity index (χ1n) is 5.45. The van der Waals surface area contributed by atoms with Gasteiger partial charge in [-0.15, -0.1) is 35.3 Å². The van der Waals surface area contributed by atoms with Crippen molar-refractivity contribution in [3.63, 3.8) is 0 Å². The van der Waals surface area contributed by atoms with Crippen LogP contribution in [-0.4, -0.2) is 26.1 Å². The first kappa shape index (κ1) is 17.2. The van der Waals surface area contributed by atoms with Crippen LogP contribution < -0.4 is 10.6 Å². The Morgan fingerprint density at radius 3 is 2.59 bits per heavy atom. The molecule has 0 aliphatic heterocycles. The Morgan fingerprint density at radius 2 is 2.06 bits per heavy atom. The molecule has 0 aromatic carbocycles. The van der Waals surface area contributed by atoms with Crippen molar-refractivity contribution in [1.29, 1.82) is 0 Å². The van der Waals surface area contributed by atoms with Gasteiger partial charge in [0.1, 0.15) is 0 Å². The van der Waals surface area contributed by atoms with Gasteiger partial charge in [0.2, 0.25) is 0 Å². The van der Waals surface area contributed by atoms with Gasteiger partial charge in [-0.2, -0.15) is 0 Å². The summed E-state index contributed by atoms with van der Waals surface area (Å²) in [6.45, 7) is 4.02. The minimum Gasteiger partial charge on any atom is -0.356 e. The molecular formula is C11H19BrIN3S. The molecule has 98 valence electrons. The fraction of sp³-hybridized carbons (Fsp3) is 0.545. The van der Waals surface area contributed by atoms with Gasteiger partial charge in [0.05, 0.1) is 3.79 Å². The molecule has 17 heavy (non-hydrogen) atoms. The fourth-order valence-corrected chi connectivity index (χ4v) is 2.74. The van der Waals surface area contributed by atoms with E-state index in [1.165, 1.54) is 8.66 Å². The zero-order valence-corrected chi connectivity index (χ0v) is 14.9. The molecule has 0 fully saturated rings. The summed E-state index contributed by atoms with van der Waals surface area (Å²) >= 11 is 5.24. The van der Waals surface area contributed by atoms with Crippen molar-refractivity contribution in [2.45, 2.75) is 19.8 Å². The van der Waals surface area contributed by atoms with Crippen molar-refractivity contribution in [3.8, 4) is 0 Å². The Hall–Kier alpha value is 0.180. The zero-order valence-electron chi connectivity index (χ0n) is 10.1. The van der Waals surface area contributed by atoms with Gasteiger partial charge in [-0.1, -0.05) is 6.92 Å². The molecule has 1 rings (SSSR count). The van der Waals surface area contributed by atoms with Crippen LogP contribution in [-0.2, 0) is 6.42 Å². The van der Waals surface area contributed by atoms with Gasteiger partial charge in [0.15, 0.2) is 5.96 Å². The maximum atomic E-state index is 4.15. The minimum absolute atomic E-state index is 0. The van der Waals surface area contributed by atoms with Crippen LogP contribution >= 0.6 is 51.2 Å². The van der Waals surface area contributed by atoms with Gasteiger partial charge < -0.3 is 10.6 Å². The summed E-state index contributed by atoms with van der Waals surface area (Å²) in [7, 11) is 1.80. The molecule has 3 nitrogen and oxygen atoms in total. The number of hydrogen-bond donors (Lipinski definition) is 2. The summed E-state index contributed by atoms with van der Waals surface area (Å²) in [4.78, 5) is 5.53. The molecule has 0 spiro atoms. The van der Waals surface area contributed by atoms with E-state index in [9.17, 15) is 0 Å². The number of halogens is 2. The average Bonchev–Trinajstić information content (AvgIpc) is 2.69. The summed E-state index contributed by atoms with van der Waals surface area (Å²) < 4.78 is 1.19.